The molecule has 2 aromatic rings. The number of carbonyl (C=O) groups excluding carboxylic acids is 1. The molecule has 1 heterocycles. The van der Waals surface area contributed by atoms with E-state index in [0.717, 1.165) is 9.69 Å². The minimum Gasteiger partial charge on any atom is -0.497 e. The normalized spacial score (nSPS) is 12.3. The summed E-state index contributed by atoms with van der Waals surface area (Å²) >= 11 is 0. The Morgan fingerprint density at radius 2 is 1.94 bits per heavy atom. The largest absolute Gasteiger partial charge is 0.497 e. The van der Waals surface area contributed by atoms with E-state index >= 15 is 0 Å². The smallest absolute Gasteiger partial charge is 0.435 e. The molecule has 0 bridgehead atoms. The lowest BCUT2D eigenvalue weighted by Gasteiger charge is -2.18. The molecule has 1 aromatic carbocycles. The molecule has 0 radical (unpaired) electrons. The number of hydrogen-bond donors (Lipinski definition) is 1. The Kier molecular flexibility index (Phi) is 8.57. The van der Waals surface area contributed by atoms with Crippen molar-refractivity contribution in [2.45, 2.75) is 39.0 Å². The number of methoxy groups -OCH3 is 1. The van der Waals surface area contributed by atoms with Crippen LogP contribution in [0.1, 0.15) is 46.7 Å². The zero-order valence-electron chi connectivity index (χ0n) is 18.4. The van der Waals surface area contributed by atoms with Crippen LogP contribution in [-0.4, -0.2) is 58.8 Å². The fourth-order valence-electron chi connectivity index (χ4n) is 3.11. The van der Waals surface area contributed by atoms with Gasteiger partial charge >= 0.3 is 12.1 Å². The summed E-state index contributed by atoms with van der Waals surface area (Å²) in [5, 5.41) is 16.7. The van der Waals surface area contributed by atoms with Crippen molar-refractivity contribution in [3.63, 3.8) is 0 Å². The van der Waals surface area contributed by atoms with Crippen LogP contribution < -0.4 is 4.74 Å². The van der Waals surface area contributed by atoms with Gasteiger partial charge in [0.15, 0.2) is 5.69 Å². The monoisotopic (exact) mass is 470 g/mol. The summed E-state index contributed by atoms with van der Waals surface area (Å²) in [4.78, 5) is 23.7. The summed E-state index contributed by atoms with van der Waals surface area (Å²) in [6.07, 6.45) is -5.13. The number of hydrogen-bond acceptors (Lipinski definition) is 6. The van der Waals surface area contributed by atoms with Gasteiger partial charge in [-0.3, -0.25) is 14.3 Å². The van der Waals surface area contributed by atoms with Crippen LogP contribution in [0.3, 0.4) is 0 Å². The molecular formula is C21H25F3N4O5. The molecule has 1 atom stereocenters. The van der Waals surface area contributed by atoms with Crippen LogP contribution in [0.4, 0.5) is 13.2 Å². The van der Waals surface area contributed by atoms with Gasteiger partial charge < -0.3 is 14.6 Å². The lowest BCUT2D eigenvalue weighted by molar-refractivity contribution is -0.142. The minimum atomic E-state index is -4.89. The molecule has 12 heteroatoms. The number of halogens is 3. The van der Waals surface area contributed by atoms with Gasteiger partial charge in [0.25, 0.3) is 5.91 Å². The number of rotatable bonds is 11. The number of aliphatic carboxylic acids is 1. The van der Waals surface area contributed by atoms with Crippen LogP contribution in [0, 0.1) is 6.92 Å². The van der Waals surface area contributed by atoms with E-state index in [4.69, 9.17) is 14.6 Å². The number of carbonyl (C=O) groups is 2. The standard InChI is InChI=1S/C21H25F3N4O5/c1-13(12-33-10-9-17(29)30)28-14(2)18(19(26-28)21(22,23)24)20(31)27(25-3)11-15-5-7-16(32-4)8-6-15/h5-8,13H,3,9-12H2,1-2,4H3,(H,29,30). The summed E-state index contributed by atoms with van der Waals surface area (Å²) in [5.41, 5.74) is -1.40. The lowest BCUT2D eigenvalue weighted by Crippen LogP contribution is -2.28. The predicted molar refractivity (Wildman–Crippen MR) is 112 cm³/mol. The van der Waals surface area contributed by atoms with Crippen molar-refractivity contribution in [3.8, 4) is 5.75 Å². The average molecular weight is 470 g/mol. The molecule has 1 unspecified atom stereocenters. The summed E-state index contributed by atoms with van der Waals surface area (Å²) in [6.45, 7) is 5.92. The number of nitrogens with zero attached hydrogens (tertiary/aromatic N) is 4. The molecule has 1 N–H and O–H groups in total. The van der Waals surface area contributed by atoms with Gasteiger partial charge in [0.05, 0.1) is 44.9 Å². The minimum absolute atomic E-state index is 0.0231. The highest BCUT2D eigenvalue weighted by Gasteiger charge is 2.42. The summed E-state index contributed by atoms with van der Waals surface area (Å²) in [7, 11) is 1.49. The second kappa shape index (κ2) is 10.9. The molecule has 0 spiro atoms. The van der Waals surface area contributed by atoms with Gasteiger partial charge in [-0.25, -0.2) is 5.01 Å². The number of alkyl halides is 3. The van der Waals surface area contributed by atoms with Crippen LogP contribution in [0.15, 0.2) is 29.4 Å². The summed E-state index contributed by atoms with van der Waals surface area (Å²) in [6, 6.07) is 5.92. The molecule has 9 nitrogen and oxygen atoms in total. The maximum atomic E-state index is 13.7. The van der Waals surface area contributed by atoms with Crippen LogP contribution in [0.25, 0.3) is 0 Å². The Morgan fingerprint density at radius 1 is 1.30 bits per heavy atom. The first-order chi connectivity index (χ1) is 15.5. The molecule has 0 aliphatic heterocycles. The fourth-order valence-corrected chi connectivity index (χ4v) is 3.11. The van der Waals surface area contributed by atoms with Gasteiger partial charge in [0, 0.05) is 12.4 Å². The molecule has 2 rings (SSSR count). The third-order valence-electron chi connectivity index (χ3n) is 4.77. The van der Waals surface area contributed by atoms with E-state index < -0.39 is 35.4 Å². The Morgan fingerprint density at radius 3 is 2.45 bits per heavy atom. The molecule has 33 heavy (non-hydrogen) atoms. The second-order valence-electron chi connectivity index (χ2n) is 7.17. The molecule has 0 aliphatic rings. The van der Waals surface area contributed by atoms with E-state index in [1.807, 2.05) is 0 Å². The van der Waals surface area contributed by atoms with Crippen molar-refractivity contribution in [2.24, 2.45) is 5.10 Å². The van der Waals surface area contributed by atoms with E-state index in [9.17, 15) is 22.8 Å². The van der Waals surface area contributed by atoms with Crippen molar-refractivity contribution in [1.29, 1.82) is 0 Å². The van der Waals surface area contributed by atoms with Crippen LogP contribution >= 0.6 is 0 Å². The van der Waals surface area contributed by atoms with Gasteiger partial charge in [-0.15, -0.1) is 0 Å². The van der Waals surface area contributed by atoms with Crippen LogP contribution in [0.2, 0.25) is 0 Å². The third-order valence-corrected chi connectivity index (χ3v) is 4.77. The van der Waals surface area contributed by atoms with E-state index in [2.05, 4.69) is 16.9 Å². The van der Waals surface area contributed by atoms with E-state index in [1.165, 1.54) is 14.0 Å². The fraction of sp³-hybridized carbons (Fsp3) is 0.429. The first-order valence-electron chi connectivity index (χ1n) is 9.86. The molecule has 0 aliphatic carbocycles. The number of carboxylic acid groups (broad SMARTS) is 1. The lowest BCUT2D eigenvalue weighted by atomic mass is 10.1. The van der Waals surface area contributed by atoms with Gasteiger partial charge in [-0.2, -0.15) is 23.4 Å². The number of aromatic nitrogens is 2. The van der Waals surface area contributed by atoms with Crippen molar-refractivity contribution in [3.05, 3.63) is 46.8 Å². The first kappa shape index (κ1) is 25.8. The quantitative estimate of drug-likeness (QED) is 0.306. The van der Waals surface area contributed by atoms with Gasteiger partial charge in [0.1, 0.15) is 5.75 Å². The van der Waals surface area contributed by atoms with Crippen molar-refractivity contribution < 1.29 is 37.3 Å². The van der Waals surface area contributed by atoms with E-state index in [1.54, 1.807) is 31.2 Å². The van der Waals surface area contributed by atoms with Crippen molar-refractivity contribution in [1.82, 2.24) is 14.8 Å². The second-order valence-corrected chi connectivity index (χ2v) is 7.17. The van der Waals surface area contributed by atoms with Crippen molar-refractivity contribution in [2.75, 3.05) is 20.3 Å². The highest BCUT2D eigenvalue weighted by atomic mass is 19.4. The average Bonchev–Trinajstić information content (AvgIpc) is 3.12. The molecular weight excluding hydrogens is 445 g/mol. The molecule has 1 aromatic heterocycles. The Labute approximate surface area is 188 Å². The Bertz CT molecular complexity index is 989. The van der Waals surface area contributed by atoms with Gasteiger partial charge in [-0.1, -0.05) is 12.1 Å². The molecule has 180 valence electrons. The number of carboxylic acids is 1. The zero-order valence-corrected chi connectivity index (χ0v) is 18.4. The zero-order chi connectivity index (χ0) is 24.8. The molecule has 0 saturated carbocycles. The molecule has 0 fully saturated rings. The first-order valence-corrected chi connectivity index (χ1v) is 9.86. The van der Waals surface area contributed by atoms with Gasteiger partial charge in [-0.05, 0) is 31.5 Å². The highest BCUT2D eigenvalue weighted by molar-refractivity contribution is 5.96. The third kappa shape index (κ3) is 6.54. The summed E-state index contributed by atoms with van der Waals surface area (Å²) in [5.74, 6) is -1.48. The van der Waals surface area contributed by atoms with Crippen molar-refractivity contribution >= 4 is 18.6 Å². The van der Waals surface area contributed by atoms with E-state index in [0.29, 0.717) is 11.3 Å². The Balaban J connectivity index is 2.32. The number of amides is 1. The predicted octanol–water partition coefficient (Wildman–Crippen LogP) is 3.53. The van der Waals surface area contributed by atoms with Gasteiger partial charge in [0.2, 0.25) is 0 Å². The topological polar surface area (TPSA) is 106 Å². The van der Waals surface area contributed by atoms with E-state index in [-0.39, 0.29) is 31.9 Å². The highest BCUT2D eigenvalue weighted by Crippen LogP contribution is 2.34. The Hall–Kier alpha value is -3.41. The number of ether oxygens (including phenoxy) is 2. The summed E-state index contributed by atoms with van der Waals surface area (Å²) < 4.78 is 52.5. The van der Waals surface area contributed by atoms with Crippen LogP contribution in [-0.2, 0) is 22.3 Å². The number of benzene rings is 1. The maximum absolute atomic E-state index is 13.7. The molecule has 1 amide bonds. The van der Waals surface area contributed by atoms with Crippen LogP contribution in [0.5, 0.6) is 5.75 Å². The maximum Gasteiger partial charge on any atom is 0.435 e. The SMILES string of the molecule is C=NN(Cc1ccc(OC)cc1)C(=O)c1c(C(F)(F)F)nn(C(C)COCCC(=O)O)c1C. The molecule has 0 saturated heterocycles. The number of hydrazone groups is 1.